The van der Waals surface area contributed by atoms with Crippen molar-refractivity contribution in [1.82, 2.24) is 0 Å². The largest absolute Gasteiger partial charge is 0.0958 e. The molecule has 0 aromatic rings. The molecule has 0 N–H and O–H groups in total. The van der Waals surface area contributed by atoms with Gasteiger partial charge in [-0.3, -0.25) is 0 Å². The Morgan fingerprint density at radius 2 is 2.00 bits per heavy atom. The molecule has 0 aliphatic carbocycles. The van der Waals surface area contributed by atoms with E-state index in [1.165, 1.54) is 5.57 Å². The molecule has 1 heteroatoms. The fourth-order valence-electron chi connectivity index (χ4n) is 0.716. The molecule has 0 bridgehead atoms. The third-order valence-corrected chi connectivity index (χ3v) is 1.37. The second-order valence-corrected chi connectivity index (χ2v) is 2.74. The van der Waals surface area contributed by atoms with Crippen LogP contribution in [0.3, 0.4) is 0 Å². The molecule has 0 saturated carbocycles. The normalized spacial score (nSPS) is 11.3. The van der Waals surface area contributed by atoms with Crippen molar-refractivity contribution >= 4 is 11.6 Å². The SMILES string of the molecule is C=C(Cl)/C=C(/CC)C(=C)C. The lowest BCUT2D eigenvalue weighted by molar-refractivity contribution is 1.11. The first kappa shape index (κ1) is 9.51. The predicted molar refractivity (Wildman–Crippen MR) is 48.2 cm³/mol. The quantitative estimate of drug-likeness (QED) is 0.548. The highest BCUT2D eigenvalue weighted by molar-refractivity contribution is 6.30. The minimum Gasteiger partial charge on any atom is -0.0958 e. The summed E-state index contributed by atoms with van der Waals surface area (Å²) in [5.41, 5.74) is 2.23. The van der Waals surface area contributed by atoms with Crippen molar-refractivity contribution in [2.24, 2.45) is 0 Å². The van der Waals surface area contributed by atoms with Gasteiger partial charge in [-0.15, -0.1) is 0 Å². The average Bonchev–Trinajstić information content (AvgIpc) is 1.81. The van der Waals surface area contributed by atoms with Gasteiger partial charge in [0, 0.05) is 5.03 Å². The second-order valence-electron chi connectivity index (χ2n) is 2.25. The van der Waals surface area contributed by atoms with Crippen LogP contribution < -0.4 is 0 Å². The monoisotopic (exact) mass is 156 g/mol. The van der Waals surface area contributed by atoms with Crippen LogP contribution in [0.4, 0.5) is 0 Å². The third kappa shape index (κ3) is 3.52. The number of rotatable bonds is 3. The molecule has 10 heavy (non-hydrogen) atoms. The molecule has 56 valence electrons. The van der Waals surface area contributed by atoms with Crippen molar-refractivity contribution < 1.29 is 0 Å². The lowest BCUT2D eigenvalue weighted by Crippen LogP contribution is -1.80. The Bertz CT molecular complexity index is 175. The van der Waals surface area contributed by atoms with Crippen molar-refractivity contribution in [2.45, 2.75) is 20.3 Å². The van der Waals surface area contributed by atoms with E-state index in [1.54, 1.807) is 0 Å². The Morgan fingerprint density at radius 1 is 1.50 bits per heavy atom. The Kier molecular flexibility index (Phi) is 4.13. The lowest BCUT2D eigenvalue weighted by atomic mass is 10.1. The van der Waals surface area contributed by atoms with Gasteiger partial charge in [-0.25, -0.2) is 0 Å². The molecule has 0 atom stereocenters. The van der Waals surface area contributed by atoms with Crippen LogP contribution in [0.5, 0.6) is 0 Å². The highest BCUT2D eigenvalue weighted by Crippen LogP contribution is 2.14. The first-order valence-electron chi connectivity index (χ1n) is 3.28. The molecular formula is C9H13Cl. The molecule has 0 amide bonds. The van der Waals surface area contributed by atoms with Crippen LogP contribution in [0.25, 0.3) is 0 Å². The van der Waals surface area contributed by atoms with E-state index in [0.29, 0.717) is 5.03 Å². The Hall–Kier alpha value is -0.490. The van der Waals surface area contributed by atoms with Gasteiger partial charge in [0.05, 0.1) is 0 Å². The van der Waals surface area contributed by atoms with Gasteiger partial charge in [0.1, 0.15) is 0 Å². The molecular weight excluding hydrogens is 144 g/mol. The van der Waals surface area contributed by atoms with Gasteiger partial charge in [0.2, 0.25) is 0 Å². The van der Waals surface area contributed by atoms with Crippen molar-refractivity contribution in [3.8, 4) is 0 Å². The van der Waals surface area contributed by atoms with Crippen molar-refractivity contribution in [1.29, 1.82) is 0 Å². The average molecular weight is 157 g/mol. The summed E-state index contributed by atoms with van der Waals surface area (Å²) in [4.78, 5) is 0. The summed E-state index contributed by atoms with van der Waals surface area (Å²) in [7, 11) is 0. The summed E-state index contributed by atoms with van der Waals surface area (Å²) in [5, 5.41) is 0.569. The molecule has 0 fully saturated rings. The van der Waals surface area contributed by atoms with E-state index in [4.69, 9.17) is 11.6 Å². The van der Waals surface area contributed by atoms with E-state index in [2.05, 4.69) is 20.1 Å². The van der Waals surface area contributed by atoms with E-state index in [1.807, 2.05) is 13.0 Å². The van der Waals surface area contributed by atoms with Gasteiger partial charge in [-0.05, 0) is 25.0 Å². The van der Waals surface area contributed by atoms with Crippen LogP contribution in [0.15, 0.2) is 35.4 Å². The standard InChI is InChI=1S/C9H13Cl/c1-5-9(7(2)3)6-8(4)10/h6H,2,4-5H2,1,3H3/b9-6-. The summed E-state index contributed by atoms with van der Waals surface area (Å²) in [6.45, 7) is 11.4. The second kappa shape index (κ2) is 4.35. The van der Waals surface area contributed by atoms with Gasteiger partial charge in [-0.1, -0.05) is 37.3 Å². The minimum absolute atomic E-state index is 0.569. The molecule has 0 heterocycles. The maximum Gasteiger partial charge on any atom is 0.0337 e. The summed E-state index contributed by atoms with van der Waals surface area (Å²) in [6, 6.07) is 0. The van der Waals surface area contributed by atoms with E-state index < -0.39 is 0 Å². The summed E-state index contributed by atoms with van der Waals surface area (Å²) in [6.07, 6.45) is 2.81. The Labute approximate surface area is 67.9 Å². The maximum absolute atomic E-state index is 5.58. The van der Waals surface area contributed by atoms with Crippen LogP contribution in [0, 0.1) is 0 Å². The lowest BCUT2D eigenvalue weighted by Gasteiger charge is -2.00. The van der Waals surface area contributed by atoms with Crippen molar-refractivity contribution in [2.75, 3.05) is 0 Å². The summed E-state index contributed by atoms with van der Waals surface area (Å²) >= 11 is 5.58. The zero-order valence-electron chi connectivity index (χ0n) is 6.58. The van der Waals surface area contributed by atoms with Gasteiger partial charge in [-0.2, -0.15) is 0 Å². The number of hydrogen-bond donors (Lipinski definition) is 0. The fraction of sp³-hybridized carbons (Fsp3) is 0.333. The number of allylic oxidation sites excluding steroid dienone is 4. The van der Waals surface area contributed by atoms with E-state index in [9.17, 15) is 0 Å². The van der Waals surface area contributed by atoms with E-state index in [0.717, 1.165) is 12.0 Å². The highest BCUT2D eigenvalue weighted by atomic mass is 35.5. The van der Waals surface area contributed by atoms with Gasteiger partial charge < -0.3 is 0 Å². The van der Waals surface area contributed by atoms with E-state index >= 15 is 0 Å². The molecule has 0 aliphatic heterocycles. The zero-order chi connectivity index (χ0) is 8.15. The molecule has 0 saturated heterocycles. The maximum atomic E-state index is 5.58. The molecule has 0 aromatic carbocycles. The molecule has 0 rings (SSSR count). The van der Waals surface area contributed by atoms with Gasteiger partial charge in [0.15, 0.2) is 0 Å². The predicted octanol–water partition coefficient (Wildman–Crippen LogP) is 3.65. The van der Waals surface area contributed by atoms with Crippen LogP contribution in [0.2, 0.25) is 0 Å². The fourth-order valence-corrected chi connectivity index (χ4v) is 0.848. The Morgan fingerprint density at radius 3 is 2.10 bits per heavy atom. The molecule has 0 aliphatic rings. The molecule has 0 aromatic heterocycles. The summed E-state index contributed by atoms with van der Waals surface area (Å²) in [5.74, 6) is 0. The Balaban J connectivity index is 4.34. The molecule has 0 radical (unpaired) electrons. The highest BCUT2D eigenvalue weighted by Gasteiger charge is 1.93. The van der Waals surface area contributed by atoms with Crippen molar-refractivity contribution in [3.63, 3.8) is 0 Å². The van der Waals surface area contributed by atoms with E-state index in [-0.39, 0.29) is 0 Å². The first-order chi connectivity index (χ1) is 4.57. The van der Waals surface area contributed by atoms with Crippen LogP contribution >= 0.6 is 11.6 Å². The summed E-state index contributed by atoms with van der Waals surface area (Å²) < 4.78 is 0. The van der Waals surface area contributed by atoms with Gasteiger partial charge >= 0.3 is 0 Å². The topological polar surface area (TPSA) is 0 Å². The van der Waals surface area contributed by atoms with Gasteiger partial charge in [0.25, 0.3) is 0 Å². The number of halogens is 1. The zero-order valence-corrected chi connectivity index (χ0v) is 7.33. The minimum atomic E-state index is 0.569. The number of hydrogen-bond acceptors (Lipinski definition) is 0. The third-order valence-electron chi connectivity index (χ3n) is 1.26. The van der Waals surface area contributed by atoms with Crippen molar-refractivity contribution in [3.05, 3.63) is 35.4 Å². The molecule has 0 unspecified atom stereocenters. The van der Waals surface area contributed by atoms with Crippen LogP contribution in [0.1, 0.15) is 20.3 Å². The van der Waals surface area contributed by atoms with Crippen LogP contribution in [-0.2, 0) is 0 Å². The first-order valence-corrected chi connectivity index (χ1v) is 3.66. The van der Waals surface area contributed by atoms with Crippen LogP contribution in [-0.4, -0.2) is 0 Å². The smallest absolute Gasteiger partial charge is 0.0337 e. The molecule has 0 nitrogen and oxygen atoms in total. The molecule has 0 spiro atoms.